The Morgan fingerprint density at radius 1 is 1.06 bits per heavy atom. The molecule has 7 nitrogen and oxygen atoms in total. The maximum atomic E-state index is 13.2. The van der Waals surface area contributed by atoms with Crippen molar-refractivity contribution in [2.45, 2.75) is 18.9 Å². The van der Waals surface area contributed by atoms with Crippen molar-refractivity contribution >= 4 is 34.4 Å². The van der Waals surface area contributed by atoms with Gasteiger partial charge < -0.3 is 9.80 Å². The number of benzene rings is 2. The SMILES string of the molecule is C[C@@H]1CN(C(=O)c2ccccc2)CCN1C(=O)C(C#N)c1nc2ccccc2nc1Cl. The Morgan fingerprint density at radius 3 is 2.35 bits per heavy atom. The Labute approximate surface area is 184 Å². The van der Waals surface area contributed by atoms with E-state index in [1.807, 2.05) is 43.3 Å². The first-order valence-corrected chi connectivity index (χ1v) is 10.3. The number of nitrogens with zero attached hydrogens (tertiary/aromatic N) is 5. The van der Waals surface area contributed by atoms with E-state index in [9.17, 15) is 14.9 Å². The molecule has 4 rings (SSSR count). The fourth-order valence-electron chi connectivity index (χ4n) is 3.81. The minimum absolute atomic E-state index is 0.0455. The normalized spacial score (nSPS) is 17.3. The maximum Gasteiger partial charge on any atom is 0.253 e. The number of carbonyl (C=O) groups excluding carboxylic acids is 2. The lowest BCUT2D eigenvalue weighted by Crippen LogP contribution is -2.56. The highest BCUT2D eigenvalue weighted by molar-refractivity contribution is 6.30. The summed E-state index contributed by atoms with van der Waals surface area (Å²) in [5.41, 5.74) is 1.94. The molecule has 0 radical (unpaired) electrons. The highest BCUT2D eigenvalue weighted by Crippen LogP contribution is 2.27. The van der Waals surface area contributed by atoms with Crippen LogP contribution >= 0.6 is 11.6 Å². The zero-order valence-electron chi connectivity index (χ0n) is 16.9. The number of aromatic nitrogens is 2. The van der Waals surface area contributed by atoms with Crippen molar-refractivity contribution in [3.8, 4) is 6.07 Å². The van der Waals surface area contributed by atoms with Gasteiger partial charge in [-0.05, 0) is 31.2 Å². The zero-order chi connectivity index (χ0) is 22.0. The number of piperazine rings is 1. The summed E-state index contributed by atoms with van der Waals surface area (Å²) in [5, 5.41) is 9.81. The molecule has 2 heterocycles. The minimum atomic E-state index is -1.16. The molecule has 1 unspecified atom stereocenters. The molecule has 2 amide bonds. The first-order chi connectivity index (χ1) is 15.0. The predicted octanol–water partition coefficient (Wildman–Crippen LogP) is 3.26. The Hall–Kier alpha value is -3.50. The topological polar surface area (TPSA) is 90.2 Å². The van der Waals surface area contributed by atoms with Gasteiger partial charge in [0.25, 0.3) is 5.91 Å². The van der Waals surface area contributed by atoms with Crippen LogP contribution in [-0.2, 0) is 4.79 Å². The number of para-hydroxylation sites is 2. The standard InChI is InChI=1S/C23H20ClN5O2/c1-15-14-28(22(30)16-7-3-2-4-8-16)11-12-29(15)23(31)17(13-25)20-21(24)27-19-10-6-5-9-18(19)26-20/h2-10,15,17H,11-12,14H2,1H3/t15-,17?/m1/s1. The molecule has 2 aromatic carbocycles. The Bertz CT molecular complexity index is 1180. The van der Waals surface area contributed by atoms with Gasteiger partial charge in [-0.2, -0.15) is 5.26 Å². The molecule has 1 fully saturated rings. The molecule has 1 saturated heterocycles. The van der Waals surface area contributed by atoms with Gasteiger partial charge in [0.1, 0.15) is 5.69 Å². The highest BCUT2D eigenvalue weighted by Gasteiger charge is 2.36. The van der Waals surface area contributed by atoms with Crippen LogP contribution in [-0.4, -0.2) is 57.3 Å². The number of amides is 2. The molecule has 0 N–H and O–H groups in total. The quantitative estimate of drug-likeness (QED) is 0.632. The van der Waals surface area contributed by atoms with Crippen LogP contribution in [0.2, 0.25) is 5.15 Å². The molecule has 1 aromatic heterocycles. The van der Waals surface area contributed by atoms with Gasteiger partial charge in [-0.15, -0.1) is 0 Å². The lowest BCUT2D eigenvalue weighted by Gasteiger charge is -2.40. The van der Waals surface area contributed by atoms with Crippen molar-refractivity contribution in [3.05, 3.63) is 71.0 Å². The van der Waals surface area contributed by atoms with E-state index in [4.69, 9.17) is 11.6 Å². The van der Waals surface area contributed by atoms with E-state index in [0.717, 1.165) is 0 Å². The summed E-state index contributed by atoms with van der Waals surface area (Å²) >= 11 is 6.28. The Kier molecular flexibility index (Phi) is 5.83. The van der Waals surface area contributed by atoms with Gasteiger partial charge in [0, 0.05) is 31.2 Å². The van der Waals surface area contributed by atoms with Crippen LogP contribution in [0.4, 0.5) is 0 Å². The van der Waals surface area contributed by atoms with E-state index in [1.54, 1.807) is 34.1 Å². The van der Waals surface area contributed by atoms with Crippen LogP contribution in [0.25, 0.3) is 11.0 Å². The third kappa shape index (κ3) is 4.07. The second-order valence-corrected chi connectivity index (χ2v) is 7.81. The van der Waals surface area contributed by atoms with Gasteiger partial charge in [0.05, 0.1) is 17.1 Å². The van der Waals surface area contributed by atoms with Crippen molar-refractivity contribution < 1.29 is 9.59 Å². The molecule has 0 bridgehead atoms. The first-order valence-electron chi connectivity index (χ1n) is 9.96. The molecule has 0 saturated carbocycles. The molecule has 0 spiro atoms. The van der Waals surface area contributed by atoms with Gasteiger partial charge in [-0.1, -0.05) is 41.9 Å². The van der Waals surface area contributed by atoms with E-state index in [-0.39, 0.29) is 28.7 Å². The zero-order valence-corrected chi connectivity index (χ0v) is 17.7. The second-order valence-electron chi connectivity index (χ2n) is 7.45. The summed E-state index contributed by atoms with van der Waals surface area (Å²) in [5.74, 6) is -1.61. The smallest absolute Gasteiger partial charge is 0.253 e. The van der Waals surface area contributed by atoms with Crippen LogP contribution < -0.4 is 0 Å². The van der Waals surface area contributed by atoms with E-state index >= 15 is 0 Å². The summed E-state index contributed by atoms with van der Waals surface area (Å²) in [6, 6.07) is 18.0. The van der Waals surface area contributed by atoms with Gasteiger partial charge in [0.15, 0.2) is 11.1 Å². The van der Waals surface area contributed by atoms with Crippen LogP contribution in [0, 0.1) is 11.3 Å². The lowest BCUT2D eigenvalue weighted by molar-refractivity contribution is -0.135. The van der Waals surface area contributed by atoms with E-state index < -0.39 is 5.92 Å². The molecule has 8 heteroatoms. The fourth-order valence-corrected chi connectivity index (χ4v) is 4.05. The number of hydrogen-bond donors (Lipinski definition) is 0. The number of carbonyl (C=O) groups is 2. The summed E-state index contributed by atoms with van der Waals surface area (Å²) in [7, 11) is 0. The first kappa shape index (κ1) is 20.8. The monoisotopic (exact) mass is 433 g/mol. The van der Waals surface area contributed by atoms with Gasteiger partial charge in [0.2, 0.25) is 5.91 Å². The number of halogens is 1. The summed E-state index contributed by atoms with van der Waals surface area (Å²) in [6.07, 6.45) is 0. The second kappa shape index (κ2) is 8.70. The number of fused-ring (bicyclic) bond motifs is 1. The third-order valence-corrected chi connectivity index (χ3v) is 5.70. The molecular weight excluding hydrogens is 414 g/mol. The van der Waals surface area contributed by atoms with Gasteiger partial charge >= 0.3 is 0 Å². The van der Waals surface area contributed by atoms with E-state index in [1.165, 1.54) is 0 Å². The molecular formula is C23H20ClN5O2. The van der Waals surface area contributed by atoms with Crippen molar-refractivity contribution in [2.24, 2.45) is 0 Å². The molecule has 156 valence electrons. The summed E-state index contributed by atoms with van der Waals surface area (Å²) < 4.78 is 0. The van der Waals surface area contributed by atoms with Crippen LogP contribution in [0.1, 0.15) is 28.9 Å². The van der Waals surface area contributed by atoms with Crippen molar-refractivity contribution in [3.63, 3.8) is 0 Å². The number of rotatable bonds is 3. The van der Waals surface area contributed by atoms with Gasteiger partial charge in [-0.25, -0.2) is 9.97 Å². The van der Waals surface area contributed by atoms with E-state index in [2.05, 4.69) is 9.97 Å². The van der Waals surface area contributed by atoms with E-state index in [0.29, 0.717) is 36.2 Å². The molecule has 0 aliphatic carbocycles. The largest absolute Gasteiger partial charge is 0.335 e. The fraction of sp³-hybridized carbons (Fsp3) is 0.261. The average molecular weight is 434 g/mol. The van der Waals surface area contributed by atoms with Crippen molar-refractivity contribution in [1.29, 1.82) is 5.26 Å². The molecule has 31 heavy (non-hydrogen) atoms. The third-order valence-electron chi connectivity index (χ3n) is 5.42. The maximum absolute atomic E-state index is 13.2. The predicted molar refractivity (Wildman–Crippen MR) is 116 cm³/mol. The lowest BCUT2D eigenvalue weighted by atomic mass is 10.0. The average Bonchev–Trinajstić information content (AvgIpc) is 2.79. The van der Waals surface area contributed by atoms with Gasteiger partial charge in [-0.3, -0.25) is 9.59 Å². The minimum Gasteiger partial charge on any atom is -0.335 e. The Morgan fingerprint density at radius 2 is 1.71 bits per heavy atom. The molecule has 1 aliphatic heterocycles. The molecule has 3 aromatic rings. The summed E-state index contributed by atoms with van der Waals surface area (Å²) in [6.45, 7) is 2.97. The molecule has 2 atom stereocenters. The summed E-state index contributed by atoms with van der Waals surface area (Å²) in [4.78, 5) is 38.1. The molecule has 1 aliphatic rings. The van der Waals surface area contributed by atoms with Crippen molar-refractivity contribution in [2.75, 3.05) is 19.6 Å². The van der Waals surface area contributed by atoms with Crippen LogP contribution in [0.15, 0.2) is 54.6 Å². The Balaban J connectivity index is 1.53. The van der Waals surface area contributed by atoms with Crippen molar-refractivity contribution in [1.82, 2.24) is 19.8 Å². The van der Waals surface area contributed by atoms with Crippen LogP contribution in [0.5, 0.6) is 0 Å². The van der Waals surface area contributed by atoms with Crippen LogP contribution in [0.3, 0.4) is 0 Å². The number of hydrogen-bond acceptors (Lipinski definition) is 5. The number of nitriles is 1. The highest BCUT2D eigenvalue weighted by atomic mass is 35.5.